The number of hydrogen-bond donors (Lipinski definition) is 2. The second-order valence-corrected chi connectivity index (χ2v) is 8.06. The predicted molar refractivity (Wildman–Crippen MR) is 119 cm³/mol. The van der Waals surface area contributed by atoms with Crippen LogP contribution in [-0.4, -0.2) is 23.3 Å². The fourth-order valence-electron chi connectivity index (χ4n) is 2.85. The van der Waals surface area contributed by atoms with Gasteiger partial charge in [0.15, 0.2) is 0 Å². The molecule has 0 aliphatic heterocycles. The van der Waals surface area contributed by atoms with Gasteiger partial charge in [0, 0.05) is 12.1 Å². The fraction of sp³-hybridized carbons (Fsp3) is 0.391. The summed E-state index contributed by atoms with van der Waals surface area (Å²) >= 11 is 1.56. The number of hydrogen-bond acceptors (Lipinski definition) is 3. The van der Waals surface area contributed by atoms with Crippen molar-refractivity contribution >= 4 is 29.3 Å². The average molecular weight is 399 g/mol. The van der Waals surface area contributed by atoms with Crippen LogP contribution in [0.25, 0.3) is 0 Å². The Balaban J connectivity index is 1.60. The summed E-state index contributed by atoms with van der Waals surface area (Å²) < 4.78 is 0. The zero-order chi connectivity index (χ0) is 20.4. The van der Waals surface area contributed by atoms with Gasteiger partial charge in [-0.05, 0) is 61.3 Å². The summed E-state index contributed by atoms with van der Waals surface area (Å²) in [7, 11) is 0. The molecule has 2 aromatic rings. The van der Waals surface area contributed by atoms with E-state index in [0.29, 0.717) is 12.2 Å². The van der Waals surface area contributed by atoms with E-state index >= 15 is 0 Å². The second kappa shape index (κ2) is 11.5. The summed E-state index contributed by atoms with van der Waals surface area (Å²) in [5, 5.41) is 5.94. The molecule has 4 nitrogen and oxygen atoms in total. The molecule has 0 saturated heterocycles. The van der Waals surface area contributed by atoms with Crippen molar-refractivity contribution in [2.24, 2.45) is 0 Å². The monoisotopic (exact) mass is 398 g/mol. The first-order chi connectivity index (χ1) is 13.5. The molecule has 150 valence electrons. The zero-order valence-corrected chi connectivity index (χ0v) is 17.8. The predicted octanol–water partition coefficient (Wildman–Crippen LogP) is 4.89. The summed E-state index contributed by atoms with van der Waals surface area (Å²) in [6.07, 6.45) is 2.23. The van der Waals surface area contributed by atoms with Crippen LogP contribution in [0, 0.1) is 6.92 Å². The van der Waals surface area contributed by atoms with Crippen molar-refractivity contribution in [3.63, 3.8) is 0 Å². The van der Waals surface area contributed by atoms with Gasteiger partial charge in [0.1, 0.15) is 0 Å². The minimum absolute atomic E-state index is 0.000821. The van der Waals surface area contributed by atoms with Crippen LogP contribution in [0.2, 0.25) is 0 Å². The Morgan fingerprint density at radius 1 is 1.07 bits per heavy atom. The summed E-state index contributed by atoms with van der Waals surface area (Å²) in [6.45, 7) is 6.13. The SMILES string of the molecule is CCc1ccc([C@@H](C)NC(=O)CSCCCC(=O)Nc2cccc(C)c2)cc1. The average Bonchev–Trinajstić information content (AvgIpc) is 2.67. The van der Waals surface area contributed by atoms with E-state index < -0.39 is 0 Å². The Kier molecular flexibility index (Phi) is 9.08. The zero-order valence-electron chi connectivity index (χ0n) is 17.0. The smallest absolute Gasteiger partial charge is 0.230 e. The molecule has 28 heavy (non-hydrogen) atoms. The standard InChI is InChI=1S/C23H30N2O2S/c1-4-19-10-12-20(13-11-19)18(3)24-23(27)16-28-14-6-9-22(26)25-21-8-5-7-17(2)15-21/h5,7-8,10-13,15,18H,4,6,9,14,16H2,1-3H3,(H,24,27)(H,25,26)/t18-/m1/s1. The van der Waals surface area contributed by atoms with E-state index in [0.717, 1.165) is 35.4 Å². The van der Waals surface area contributed by atoms with Gasteiger partial charge in [-0.1, -0.05) is 43.3 Å². The third-order valence-corrected chi connectivity index (χ3v) is 5.54. The highest BCUT2D eigenvalue weighted by Gasteiger charge is 2.10. The highest BCUT2D eigenvalue weighted by Crippen LogP contribution is 2.15. The van der Waals surface area contributed by atoms with Gasteiger partial charge in [-0.25, -0.2) is 0 Å². The van der Waals surface area contributed by atoms with Gasteiger partial charge in [-0.3, -0.25) is 9.59 Å². The number of thioether (sulfide) groups is 1. The highest BCUT2D eigenvalue weighted by molar-refractivity contribution is 7.99. The molecule has 0 spiro atoms. The van der Waals surface area contributed by atoms with Crippen LogP contribution in [-0.2, 0) is 16.0 Å². The van der Waals surface area contributed by atoms with E-state index in [9.17, 15) is 9.59 Å². The molecule has 2 amide bonds. The highest BCUT2D eigenvalue weighted by atomic mass is 32.2. The van der Waals surface area contributed by atoms with E-state index in [1.165, 1.54) is 5.56 Å². The third-order valence-electron chi connectivity index (χ3n) is 4.49. The topological polar surface area (TPSA) is 58.2 Å². The van der Waals surface area contributed by atoms with Crippen molar-refractivity contribution in [3.05, 3.63) is 65.2 Å². The summed E-state index contributed by atoms with van der Waals surface area (Å²) in [4.78, 5) is 24.1. The van der Waals surface area contributed by atoms with Crippen LogP contribution in [0.15, 0.2) is 48.5 Å². The lowest BCUT2D eigenvalue weighted by Crippen LogP contribution is -2.28. The van der Waals surface area contributed by atoms with Crippen molar-refractivity contribution in [2.75, 3.05) is 16.8 Å². The number of carbonyl (C=O) groups excluding carboxylic acids is 2. The van der Waals surface area contributed by atoms with Crippen LogP contribution in [0.1, 0.15) is 49.4 Å². The first-order valence-corrected chi connectivity index (χ1v) is 11.0. The molecule has 5 heteroatoms. The first kappa shape index (κ1) is 22.0. The van der Waals surface area contributed by atoms with E-state index in [-0.39, 0.29) is 17.9 Å². The van der Waals surface area contributed by atoms with Crippen LogP contribution in [0.4, 0.5) is 5.69 Å². The van der Waals surface area contributed by atoms with E-state index in [2.05, 4.69) is 41.8 Å². The minimum Gasteiger partial charge on any atom is -0.349 e. The van der Waals surface area contributed by atoms with Gasteiger partial charge < -0.3 is 10.6 Å². The maximum atomic E-state index is 12.1. The van der Waals surface area contributed by atoms with Gasteiger partial charge in [-0.2, -0.15) is 11.8 Å². The van der Waals surface area contributed by atoms with Crippen LogP contribution in [0.3, 0.4) is 0 Å². The Bertz CT molecular complexity index is 774. The molecule has 1 atom stereocenters. The van der Waals surface area contributed by atoms with Gasteiger partial charge in [-0.15, -0.1) is 0 Å². The van der Waals surface area contributed by atoms with E-state index in [4.69, 9.17) is 0 Å². The fourth-order valence-corrected chi connectivity index (χ4v) is 3.62. The summed E-state index contributed by atoms with van der Waals surface area (Å²) in [6, 6.07) is 16.1. The van der Waals surface area contributed by atoms with Gasteiger partial charge >= 0.3 is 0 Å². The number of amides is 2. The van der Waals surface area contributed by atoms with Crippen LogP contribution in [0.5, 0.6) is 0 Å². The van der Waals surface area contributed by atoms with E-state index in [1.54, 1.807) is 11.8 Å². The molecule has 0 saturated carbocycles. The molecule has 0 aliphatic rings. The lowest BCUT2D eigenvalue weighted by atomic mass is 10.1. The molecule has 0 fully saturated rings. The third kappa shape index (κ3) is 7.77. The lowest BCUT2D eigenvalue weighted by Gasteiger charge is -2.14. The molecule has 2 N–H and O–H groups in total. The van der Waals surface area contributed by atoms with Gasteiger partial charge in [0.25, 0.3) is 0 Å². The maximum Gasteiger partial charge on any atom is 0.230 e. The van der Waals surface area contributed by atoms with Gasteiger partial charge in [0.2, 0.25) is 11.8 Å². The molecule has 0 bridgehead atoms. The number of carbonyl (C=O) groups is 2. The van der Waals surface area contributed by atoms with Crippen LogP contribution < -0.4 is 10.6 Å². The van der Waals surface area contributed by atoms with Crippen LogP contribution >= 0.6 is 11.8 Å². The van der Waals surface area contributed by atoms with Crippen molar-refractivity contribution in [1.29, 1.82) is 0 Å². The quantitative estimate of drug-likeness (QED) is 0.561. The van der Waals surface area contributed by atoms with Crippen molar-refractivity contribution in [1.82, 2.24) is 5.32 Å². The summed E-state index contributed by atoms with van der Waals surface area (Å²) in [5.74, 6) is 1.24. The molecule has 0 aliphatic carbocycles. The molecule has 0 radical (unpaired) electrons. The number of nitrogens with one attached hydrogen (secondary N) is 2. The largest absolute Gasteiger partial charge is 0.349 e. The van der Waals surface area contributed by atoms with E-state index in [1.807, 2.05) is 38.1 Å². The number of aryl methyl sites for hydroxylation is 2. The number of benzene rings is 2. The Morgan fingerprint density at radius 3 is 2.50 bits per heavy atom. The molecule has 2 rings (SSSR count). The second-order valence-electron chi connectivity index (χ2n) is 6.96. The Morgan fingerprint density at radius 2 is 1.82 bits per heavy atom. The molecular formula is C23H30N2O2S. The minimum atomic E-state index is -0.000821. The maximum absolute atomic E-state index is 12.1. The first-order valence-electron chi connectivity index (χ1n) is 9.80. The molecule has 2 aromatic carbocycles. The molecule has 0 unspecified atom stereocenters. The van der Waals surface area contributed by atoms with Crippen molar-refractivity contribution < 1.29 is 9.59 Å². The summed E-state index contributed by atoms with van der Waals surface area (Å²) in [5.41, 5.74) is 4.36. The molecule has 0 heterocycles. The Labute approximate surface area is 172 Å². The Hall–Kier alpha value is -2.27. The molecular weight excluding hydrogens is 368 g/mol. The van der Waals surface area contributed by atoms with Crippen molar-refractivity contribution in [2.45, 2.75) is 46.1 Å². The molecule has 0 aromatic heterocycles. The van der Waals surface area contributed by atoms with Crippen molar-refractivity contribution in [3.8, 4) is 0 Å². The number of rotatable bonds is 10. The normalized spacial score (nSPS) is 11.7. The number of anilines is 1. The lowest BCUT2D eigenvalue weighted by molar-refractivity contribution is -0.119. The van der Waals surface area contributed by atoms with Gasteiger partial charge in [0.05, 0.1) is 11.8 Å².